The highest BCUT2D eigenvalue weighted by atomic mass is 19.1. The highest BCUT2D eigenvalue weighted by Crippen LogP contribution is 2.45. The average Bonchev–Trinajstić information content (AvgIpc) is 2.46. The van der Waals surface area contributed by atoms with Crippen molar-refractivity contribution in [3.63, 3.8) is 0 Å². The zero-order chi connectivity index (χ0) is 15.4. The third-order valence-electron chi connectivity index (χ3n) is 5.46. The van der Waals surface area contributed by atoms with Gasteiger partial charge in [-0.05, 0) is 70.4 Å². The Morgan fingerprint density at radius 3 is 2.38 bits per heavy atom. The molecule has 2 rings (SSSR count). The summed E-state index contributed by atoms with van der Waals surface area (Å²) in [4.78, 5) is 14.5. The molecule has 0 heterocycles. The topological polar surface area (TPSA) is 29.5 Å². The van der Waals surface area contributed by atoms with E-state index in [1.807, 2.05) is 0 Å². The van der Waals surface area contributed by atoms with Gasteiger partial charge in [0.1, 0.15) is 6.17 Å². The molecule has 3 nitrogen and oxygen atoms in total. The van der Waals surface area contributed by atoms with Crippen LogP contribution in [-0.4, -0.2) is 44.8 Å². The number of carbonyl (C=O) groups is 1. The molecule has 2 saturated carbocycles. The van der Waals surface area contributed by atoms with Crippen LogP contribution in [0.2, 0.25) is 0 Å². The average molecular weight is 299 g/mol. The van der Waals surface area contributed by atoms with E-state index in [2.05, 4.69) is 19.0 Å². The maximum atomic E-state index is 13.4. The molecule has 0 amide bonds. The minimum absolute atomic E-state index is 0.00677. The van der Waals surface area contributed by atoms with E-state index in [4.69, 9.17) is 4.74 Å². The Bertz CT molecular complexity index is 340. The van der Waals surface area contributed by atoms with Crippen LogP contribution in [0.5, 0.6) is 0 Å². The monoisotopic (exact) mass is 299 g/mol. The molecule has 2 aliphatic carbocycles. The molecule has 0 aliphatic heterocycles. The van der Waals surface area contributed by atoms with Crippen molar-refractivity contribution in [3.05, 3.63) is 0 Å². The van der Waals surface area contributed by atoms with Crippen LogP contribution in [0.15, 0.2) is 0 Å². The van der Waals surface area contributed by atoms with Crippen LogP contribution in [0.25, 0.3) is 0 Å². The number of methoxy groups -OCH3 is 1. The molecule has 3 unspecified atom stereocenters. The van der Waals surface area contributed by atoms with Crippen LogP contribution >= 0.6 is 0 Å². The first kappa shape index (κ1) is 16.7. The molecule has 122 valence electrons. The second-order valence-electron chi connectivity index (χ2n) is 7.18. The van der Waals surface area contributed by atoms with Crippen LogP contribution in [0, 0.1) is 23.7 Å². The number of rotatable bonds is 4. The van der Waals surface area contributed by atoms with Gasteiger partial charge in [-0.2, -0.15) is 0 Å². The van der Waals surface area contributed by atoms with Crippen molar-refractivity contribution in [2.24, 2.45) is 23.7 Å². The van der Waals surface area contributed by atoms with Gasteiger partial charge in [-0.3, -0.25) is 4.79 Å². The van der Waals surface area contributed by atoms with Gasteiger partial charge in [-0.25, -0.2) is 4.39 Å². The molecule has 0 N–H and O–H groups in total. The molecule has 3 atom stereocenters. The second-order valence-corrected chi connectivity index (χ2v) is 7.18. The number of halogens is 1. The summed E-state index contributed by atoms with van der Waals surface area (Å²) in [6.07, 6.45) is 5.99. The predicted octanol–water partition coefficient (Wildman–Crippen LogP) is 3.28. The third kappa shape index (κ3) is 4.18. The lowest BCUT2D eigenvalue weighted by atomic mass is 9.64. The number of hydrogen-bond acceptors (Lipinski definition) is 3. The lowest BCUT2D eigenvalue weighted by molar-refractivity contribution is -0.153. The highest BCUT2D eigenvalue weighted by molar-refractivity contribution is 5.73. The van der Waals surface area contributed by atoms with E-state index in [1.165, 1.54) is 13.5 Å². The van der Waals surface area contributed by atoms with Crippen molar-refractivity contribution >= 4 is 5.97 Å². The molecule has 0 radical (unpaired) electrons. The van der Waals surface area contributed by atoms with E-state index in [-0.39, 0.29) is 11.9 Å². The lowest BCUT2D eigenvalue weighted by Gasteiger charge is -2.42. The van der Waals surface area contributed by atoms with Gasteiger partial charge in [0.05, 0.1) is 13.0 Å². The summed E-state index contributed by atoms with van der Waals surface area (Å²) in [5.41, 5.74) is 0. The van der Waals surface area contributed by atoms with Gasteiger partial charge in [0.25, 0.3) is 0 Å². The van der Waals surface area contributed by atoms with Crippen LogP contribution in [-0.2, 0) is 9.53 Å². The number of carbonyl (C=O) groups excluding carboxylic acids is 1. The Morgan fingerprint density at radius 2 is 1.81 bits per heavy atom. The first-order chi connectivity index (χ1) is 10.0. The Balaban J connectivity index is 2.10. The molecular formula is C17H30FNO2. The Labute approximate surface area is 128 Å². The summed E-state index contributed by atoms with van der Waals surface area (Å²) in [6.45, 7) is 0.939. The van der Waals surface area contributed by atoms with E-state index in [0.29, 0.717) is 30.6 Å². The minimum atomic E-state index is -0.626. The molecule has 0 aromatic rings. The first-order valence-corrected chi connectivity index (χ1v) is 8.39. The Morgan fingerprint density at radius 1 is 1.14 bits per heavy atom. The second kappa shape index (κ2) is 7.57. The molecule has 0 bridgehead atoms. The number of esters is 1. The maximum Gasteiger partial charge on any atom is 0.309 e. The molecule has 4 heteroatoms. The molecule has 0 aromatic carbocycles. The van der Waals surface area contributed by atoms with Crippen molar-refractivity contribution < 1.29 is 13.9 Å². The van der Waals surface area contributed by atoms with Gasteiger partial charge in [0, 0.05) is 6.54 Å². The quantitative estimate of drug-likeness (QED) is 0.746. The van der Waals surface area contributed by atoms with Crippen molar-refractivity contribution in [3.8, 4) is 0 Å². The zero-order valence-corrected chi connectivity index (χ0v) is 13.7. The van der Waals surface area contributed by atoms with Crippen LogP contribution in [0.4, 0.5) is 4.39 Å². The van der Waals surface area contributed by atoms with Gasteiger partial charge in [-0.15, -0.1) is 0 Å². The van der Waals surface area contributed by atoms with Gasteiger partial charge in [0.2, 0.25) is 0 Å². The molecule has 2 aliphatic rings. The fraction of sp³-hybridized carbons (Fsp3) is 0.941. The number of hydrogen-bond donors (Lipinski definition) is 0. The first-order valence-electron chi connectivity index (χ1n) is 8.39. The summed E-state index contributed by atoms with van der Waals surface area (Å²) in [5.74, 6) is 1.24. The zero-order valence-electron chi connectivity index (χ0n) is 13.7. The van der Waals surface area contributed by atoms with E-state index in [9.17, 15) is 9.18 Å². The summed E-state index contributed by atoms with van der Waals surface area (Å²) in [6, 6.07) is 0. The van der Waals surface area contributed by atoms with Crippen LogP contribution in [0.3, 0.4) is 0 Å². The summed E-state index contributed by atoms with van der Waals surface area (Å²) in [7, 11) is 5.62. The molecular weight excluding hydrogens is 269 g/mol. The molecule has 21 heavy (non-hydrogen) atoms. The molecule has 2 fully saturated rings. The van der Waals surface area contributed by atoms with Gasteiger partial charge < -0.3 is 9.64 Å². The number of nitrogens with zero attached hydrogens (tertiary/aromatic N) is 1. The van der Waals surface area contributed by atoms with E-state index in [1.54, 1.807) is 0 Å². The van der Waals surface area contributed by atoms with Gasteiger partial charge in [-0.1, -0.05) is 6.42 Å². The lowest BCUT2D eigenvalue weighted by Crippen LogP contribution is -2.43. The number of ether oxygens (including phenoxy) is 1. The summed E-state index contributed by atoms with van der Waals surface area (Å²) in [5, 5.41) is 0. The highest BCUT2D eigenvalue weighted by Gasteiger charge is 2.43. The van der Waals surface area contributed by atoms with Crippen molar-refractivity contribution in [1.29, 1.82) is 0 Å². The van der Waals surface area contributed by atoms with E-state index >= 15 is 0 Å². The molecule has 0 aromatic heterocycles. The van der Waals surface area contributed by atoms with Gasteiger partial charge in [0.15, 0.2) is 0 Å². The fourth-order valence-corrected chi connectivity index (χ4v) is 4.54. The predicted molar refractivity (Wildman–Crippen MR) is 81.7 cm³/mol. The maximum absolute atomic E-state index is 13.4. The molecule has 0 saturated heterocycles. The van der Waals surface area contributed by atoms with Crippen LogP contribution < -0.4 is 0 Å². The summed E-state index contributed by atoms with van der Waals surface area (Å²) < 4.78 is 18.5. The minimum Gasteiger partial charge on any atom is -0.469 e. The number of alkyl halides is 1. The normalized spacial score (nSPS) is 37.5. The largest absolute Gasteiger partial charge is 0.469 e. The SMILES string of the molecule is COC(=O)C1C(CN(C)C)CCCC1C1CCC(F)CC1. The van der Waals surface area contributed by atoms with Crippen molar-refractivity contribution in [2.45, 2.75) is 51.1 Å². The third-order valence-corrected chi connectivity index (χ3v) is 5.46. The Kier molecular flexibility index (Phi) is 6.03. The van der Waals surface area contributed by atoms with E-state index in [0.717, 1.165) is 32.2 Å². The van der Waals surface area contributed by atoms with Gasteiger partial charge >= 0.3 is 5.97 Å². The van der Waals surface area contributed by atoms with Crippen LogP contribution in [0.1, 0.15) is 44.9 Å². The standard InChI is InChI=1S/C17H30FNO2/c1-19(2)11-13-5-4-6-15(16(13)17(20)21-3)12-7-9-14(18)10-8-12/h12-16H,4-11H2,1-3H3. The smallest absolute Gasteiger partial charge is 0.309 e. The molecule has 0 spiro atoms. The van der Waals surface area contributed by atoms with E-state index < -0.39 is 6.17 Å². The summed E-state index contributed by atoms with van der Waals surface area (Å²) >= 11 is 0. The fourth-order valence-electron chi connectivity index (χ4n) is 4.54. The Hall–Kier alpha value is -0.640. The van der Waals surface area contributed by atoms with Crippen molar-refractivity contribution in [1.82, 2.24) is 4.90 Å². The van der Waals surface area contributed by atoms with Crippen molar-refractivity contribution in [2.75, 3.05) is 27.7 Å².